The SMILES string of the molecule is CN=C(NN)NC(=O)C1CC1. The van der Waals surface area contributed by atoms with Crippen LogP contribution in [0.1, 0.15) is 12.8 Å². The molecule has 0 aromatic heterocycles. The van der Waals surface area contributed by atoms with E-state index in [2.05, 4.69) is 15.7 Å². The summed E-state index contributed by atoms with van der Waals surface area (Å²) in [5.74, 6) is 5.56. The maximum atomic E-state index is 11.0. The van der Waals surface area contributed by atoms with E-state index in [9.17, 15) is 4.79 Å². The molecule has 1 aliphatic carbocycles. The lowest BCUT2D eigenvalue weighted by Gasteiger charge is -2.04. The van der Waals surface area contributed by atoms with Crippen molar-refractivity contribution in [1.82, 2.24) is 10.7 Å². The first-order valence-corrected chi connectivity index (χ1v) is 3.52. The molecule has 0 saturated heterocycles. The summed E-state index contributed by atoms with van der Waals surface area (Å²) < 4.78 is 0. The fraction of sp³-hybridized carbons (Fsp3) is 0.667. The predicted octanol–water partition coefficient (Wildman–Crippen LogP) is -1.04. The summed E-state index contributed by atoms with van der Waals surface area (Å²) in [5, 5.41) is 2.55. The molecule has 11 heavy (non-hydrogen) atoms. The van der Waals surface area contributed by atoms with Gasteiger partial charge in [0.15, 0.2) is 0 Å². The van der Waals surface area contributed by atoms with E-state index in [0.29, 0.717) is 5.96 Å². The Morgan fingerprint density at radius 2 is 2.27 bits per heavy atom. The third-order valence-electron chi connectivity index (χ3n) is 1.55. The lowest BCUT2D eigenvalue weighted by Crippen LogP contribution is -2.44. The van der Waals surface area contributed by atoms with E-state index in [1.165, 1.54) is 0 Å². The zero-order valence-electron chi connectivity index (χ0n) is 6.42. The van der Waals surface area contributed by atoms with E-state index in [-0.39, 0.29) is 11.8 Å². The summed E-state index contributed by atoms with van der Waals surface area (Å²) in [7, 11) is 1.56. The molecule has 0 spiro atoms. The van der Waals surface area contributed by atoms with Gasteiger partial charge in [0.2, 0.25) is 11.9 Å². The first-order chi connectivity index (χ1) is 5.27. The normalized spacial score (nSPS) is 17.8. The number of amides is 1. The topological polar surface area (TPSA) is 79.5 Å². The van der Waals surface area contributed by atoms with Crippen LogP contribution in [0.15, 0.2) is 4.99 Å². The second-order valence-electron chi connectivity index (χ2n) is 2.48. The van der Waals surface area contributed by atoms with E-state index < -0.39 is 0 Å². The van der Waals surface area contributed by atoms with Gasteiger partial charge in [0.25, 0.3) is 0 Å². The van der Waals surface area contributed by atoms with Crippen LogP contribution >= 0.6 is 0 Å². The summed E-state index contributed by atoms with van der Waals surface area (Å²) in [5.41, 5.74) is 2.28. The van der Waals surface area contributed by atoms with Gasteiger partial charge in [0.05, 0.1) is 0 Å². The molecule has 0 aliphatic heterocycles. The number of carbonyl (C=O) groups excluding carboxylic acids is 1. The Balaban J connectivity index is 2.33. The van der Waals surface area contributed by atoms with Crippen LogP contribution in [0.5, 0.6) is 0 Å². The van der Waals surface area contributed by atoms with Crippen molar-refractivity contribution in [1.29, 1.82) is 0 Å². The maximum Gasteiger partial charge on any atom is 0.229 e. The standard InChI is InChI=1S/C6H12N4O/c1-8-6(10-7)9-5(11)4-2-3-4/h4H,2-3,7H2,1H3,(H2,8,9,10,11). The van der Waals surface area contributed by atoms with Gasteiger partial charge in [0.1, 0.15) is 0 Å². The Hall–Kier alpha value is -1.10. The molecule has 0 radical (unpaired) electrons. The number of guanidine groups is 1. The molecule has 0 heterocycles. The Labute approximate surface area is 65.0 Å². The van der Waals surface area contributed by atoms with Gasteiger partial charge in [-0.05, 0) is 12.8 Å². The number of nitrogens with one attached hydrogen (secondary N) is 2. The quantitative estimate of drug-likeness (QED) is 0.196. The third kappa shape index (κ3) is 2.19. The highest BCUT2D eigenvalue weighted by Gasteiger charge is 2.29. The molecule has 1 fully saturated rings. The average Bonchev–Trinajstić information content (AvgIpc) is 2.81. The van der Waals surface area contributed by atoms with Crippen molar-refractivity contribution in [3.05, 3.63) is 0 Å². The number of aliphatic imine (C=N–C) groups is 1. The van der Waals surface area contributed by atoms with E-state index in [1.807, 2.05) is 0 Å². The Morgan fingerprint density at radius 1 is 1.64 bits per heavy atom. The first kappa shape index (κ1) is 8.00. The minimum atomic E-state index is 0.00329. The molecule has 0 atom stereocenters. The van der Waals surface area contributed by atoms with Gasteiger partial charge in [-0.25, -0.2) is 5.84 Å². The number of hydrogen-bond donors (Lipinski definition) is 3. The van der Waals surface area contributed by atoms with E-state index in [0.717, 1.165) is 12.8 Å². The van der Waals surface area contributed by atoms with Gasteiger partial charge in [-0.3, -0.25) is 20.5 Å². The van der Waals surface area contributed by atoms with Crippen LogP contribution in [-0.4, -0.2) is 18.9 Å². The molecular formula is C6H12N4O. The fourth-order valence-corrected chi connectivity index (χ4v) is 0.721. The van der Waals surface area contributed by atoms with Crippen molar-refractivity contribution >= 4 is 11.9 Å². The zero-order chi connectivity index (χ0) is 8.27. The summed E-state index contributed by atoms with van der Waals surface area (Å²) in [6.45, 7) is 0. The second-order valence-corrected chi connectivity index (χ2v) is 2.48. The van der Waals surface area contributed by atoms with Crippen LogP contribution in [-0.2, 0) is 4.79 Å². The number of nitrogens with two attached hydrogens (primary N) is 1. The monoisotopic (exact) mass is 156 g/mol. The van der Waals surface area contributed by atoms with Crippen molar-refractivity contribution in [3.8, 4) is 0 Å². The smallest absolute Gasteiger partial charge is 0.229 e. The number of hydrazine groups is 1. The lowest BCUT2D eigenvalue weighted by atomic mass is 10.4. The molecule has 1 saturated carbocycles. The molecule has 62 valence electrons. The van der Waals surface area contributed by atoms with Crippen LogP contribution in [0, 0.1) is 5.92 Å². The van der Waals surface area contributed by atoms with Crippen LogP contribution in [0.4, 0.5) is 0 Å². The van der Waals surface area contributed by atoms with Gasteiger partial charge in [0, 0.05) is 13.0 Å². The number of hydrogen-bond acceptors (Lipinski definition) is 3. The predicted molar refractivity (Wildman–Crippen MR) is 41.5 cm³/mol. The molecule has 0 unspecified atom stereocenters. The van der Waals surface area contributed by atoms with Crippen LogP contribution in [0.2, 0.25) is 0 Å². The Bertz CT molecular complexity index is 185. The van der Waals surface area contributed by atoms with Crippen LogP contribution in [0.25, 0.3) is 0 Å². The largest absolute Gasteiger partial charge is 0.295 e. The van der Waals surface area contributed by atoms with Crippen molar-refractivity contribution in [2.75, 3.05) is 7.05 Å². The zero-order valence-corrected chi connectivity index (χ0v) is 6.42. The molecule has 1 amide bonds. The highest BCUT2D eigenvalue weighted by Crippen LogP contribution is 2.28. The Morgan fingerprint density at radius 3 is 2.64 bits per heavy atom. The van der Waals surface area contributed by atoms with Crippen LogP contribution in [0.3, 0.4) is 0 Å². The van der Waals surface area contributed by atoms with E-state index >= 15 is 0 Å². The fourth-order valence-electron chi connectivity index (χ4n) is 0.721. The number of nitrogens with zero attached hydrogens (tertiary/aromatic N) is 1. The second kappa shape index (κ2) is 3.34. The highest BCUT2D eigenvalue weighted by atomic mass is 16.2. The first-order valence-electron chi connectivity index (χ1n) is 3.52. The van der Waals surface area contributed by atoms with E-state index in [4.69, 9.17) is 5.84 Å². The van der Waals surface area contributed by atoms with Crippen molar-refractivity contribution in [2.24, 2.45) is 16.8 Å². The summed E-state index contributed by atoms with van der Waals surface area (Å²) >= 11 is 0. The van der Waals surface area contributed by atoms with Gasteiger partial charge >= 0.3 is 0 Å². The minimum Gasteiger partial charge on any atom is -0.295 e. The molecule has 1 rings (SSSR count). The molecule has 5 heteroatoms. The third-order valence-corrected chi connectivity index (χ3v) is 1.55. The van der Waals surface area contributed by atoms with E-state index in [1.54, 1.807) is 7.05 Å². The summed E-state index contributed by atoms with van der Waals surface area (Å²) in [6, 6.07) is 0. The van der Waals surface area contributed by atoms with Gasteiger partial charge in [-0.2, -0.15) is 0 Å². The lowest BCUT2D eigenvalue weighted by molar-refractivity contribution is -0.120. The average molecular weight is 156 g/mol. The number of rotatable bonds is 1. The van der Waals surface area contributed by atoms with Gasteiger partial charge in [-0.1, -0.05) is 0 Å². The molecule has 0 bridgehead atoms. The van der Waals surface area contributed by atoms with Gasteiger partial charge in [-0.15, -0.1) is 0 Å². The molecule has 5 nitrogen and oxygen atoms in total. The summed E-state index contributed by atoms with van der Waals surface area (Å²) in [4.78, 5) is 14.8. The minimum absolute atomic E-state index is 0.00329. The molecule has 1 aliphatic rings. The maximum absolute atomic E-state index is 11.0. The number of carbonyl (C=O) groups is 1. The summed E-state index contributed by atoms with van der Waals surface area (Å²) in [6.07, 6.45) is 1.96. The molecule has 4 N–H and O–H groups in total. The van der Waals surface area contributed by atoms with Gasteiger partial charge < -0.3 is 0 Å². The van der Waals surface area contributed by atoms with Crippen LogP contribution < -0.4 is 16.6 Å². The molecule has 0 aromatic rings. The van der Waals surface area contributed by atoms with Crippen molar-refractivity contribution in [3.63, 3.8) is 0 Å². The Kier molecular flexibility index (Phi) is 2.43. The molecular weight excluding hydrogens is 144 g/mol. The highest BCUT2D eigenvalue weighted by molar-refractivity contribution is 5.98. The van der Waals surface area contributed by atoms with Crippen molar-refractivity contribution in [2.45, 2.75) is 12.8 Å². The molecule has 0 aromatic carbocycles. The van der Waals surface area contributed by atoms with Crippen molar-refractivity contribution < 1.29 is 4.79 Å².